The third kappa shape index (κ3) is 2.93. The monoisotopic (exact) mass is 286 g/mol. The van der Waals surface area contributed by atoms with Crippen LogP contribution < -0.4 is 10.1 Å². The van der Waals surface area contributed by atoms with Gasteiger partial charge in [-0.3, -0.25) is 0 Å². The first-order valence-corrected chi connectivity index (χ1v) is 6.59. The van der Waals surface area contributed by atoms with Gasteiger partial charge >= 0.3 is 0 Å². The number of rotatable bonds is 4. The van der Waals surface area contributed by atoms with Crippen molar-refractivity contribution in [1.29, 1.82) is 5.26 Å². The third-order valence-corrected chi connectivity index (χ3v) is 3.29. The maximum absolute atomic E-state index is 9.07. The quantitative estimate of drug-likeness (QED) is 0.934. The SMILES string of the molecule is CNCc1cc(Cl)ccc1-c1cc(C#N)ccc1OC. The van der Waals surface area contributed by atoms with E-state index < -0.39 is 0 Å². The van der Waals surface area contributed by atoms with E-state index in [1.54, 1.807) is 13.2 Å². The van der Waals surface area contributed by atoms with Crippen molar-refractivity contribution < 1.29 is 4.74 Å². The first kappa shape index (κ1) is 14.4. The van der Waals surface area contributed by atoms with Crippen molar-refractivity contribution in [3.8, 4) is 22.9 Å². The van der Waals surface area contributed by atoms with Crippen molar-refractivity contribution in [3.05, 3.63) is 52.5 Å². The lowest BCUT2D eigenvalue weighted by atomic mass is 9.97. The molecule has 20 heavy (non-hydrogen) atoms. The molecule has 0 aliphatic heterocycles. The van der Waals surface area contributed by atoms with Crippen LogP contribution in [-0.4, -0.2) is 14.2 Å². The van der Waals surface area contributed by atoms with Gasteiger partial charge in [-0.15, -0.1) is 0 Å². The zero-order valence-corrected chi connectivity index (χ0v) is 12.2. The Hall–Kier alpha value is -2.02. The van der Waals surface area contributed by atoms with Gasteiger partial charge in [0.1, 0.15) is 5.75 Å². The van der Waals surface area contributed by atoms with Crippen LogP contribution in [0.5, 0.6) is 5.75 Å². The lowest BCUT2D eigenvalue weighted by Crippen LogP contribution is -2.06. The summed E-state index contributed by atoms with van der Waals surface area (Å²) in [7, 11) is 3.51. The van der Waals surface area contributed by atoms with E-state index in [0.29, 0.717) is 17.1 Å². The highest BCUT2D eigenvalue weighted by Gasteiger charge is 2.11. The van der Waals surface area contributed by atoms with E-state index in [4.69, 9.17) is 21.6 Å². The molecule has 0 saturated carbocycles. The maximum atomic E-state index is 9.07. The number of halogens is 1. The number of nitrogens with zero attached hydrogens (tertiary/aromatic N) is 1. The first-order chi connectivity index (χ1) is 9.69. The second-order valence-electron chi connectivity index (χ2n) is 4.36. The number of nitriles is 1. The van der Waals surface area contributed by atoms with Crippen LogP contribution in [0, 0.1) is 11.3 Å². The molecule has 0 aliphatic carbocycles. The highest BCUT2D eigenvalue weighted by atomic mass is 35.5. The predicted octanol–water partition coefficient (Wildman–Crippen LogP) is 3.61. The summed E-state index contributed by atoms with van der Waals surface area (Å²) in [6.07, 6.45) is 0. The molecule has 0 unspecified atom stereocenters. The molecule has 0 aromatic heterocycles. The number of hydrogen-bond acceptors (Lipinski definition) is 3. The molecule has 2 rings (SSSR count). The molecule has 4 heteroatoms. The summed E-state index contributed by atoms with van der Waals surface area (Å²) in [6.45, 7) is 0.690. The van der Waals surface area contributed by atoms with E-state index in [-0.39, 0.29) is 0 Å². The van der Waals surface area contributed by atoms with Gasteiger partial charge < -0.3 is 10.1 Å². The van der Waals surface area contributed by atoms with E-state index >= 15 is 0 Å². The van der Waals surface area contributed by atoms with E-state index in [0.717, 1.165) is 22.4 Å². The molecule has 0 heterocycles. The van der Waals surface area contributed by atoms with Gasteiger partial charge in [-0.05, 0) is 48.5 Å². The molecule has 1 N–H and O–H groups in total. The lowest BCUT2D eigenvalue weighted by molar-refractivity contribution is 0.416. The molecule has 0 atom stereocenters. The smallest absolute Gasteiger partial charge is 0.126 e. The van der Waals surface area contributed by atoms with Crippen molar-refractivity contribution in [2.75, 3.05) is 14.2 Å². The number of benzene rings is 2. The maximum Gasteiger partial charge on any atom is 0.126 e. The topological polar surface area (TPSA) is 45.0 Å². The Morgan fingerprint density at radius 3 is 2.65 bits per heavy atom. The molecule has 2 aromatic carbocycles. The highest BCUT2D eigenvalue weighted by Crippen LogP contribution is 2.34. The van der Waals surface area contributed by atoms with Gasteiger partial charge in [-0.1, -0.05) is 17.7 Å². The summed E-state index contributed by atoms with van der Waals surface area (Å²) < 4.78 is 5.40. The van der Waals surface area contributed by atoms with Gasteiger partial charge in [0, 0.05) is 17.1 Å². The number of methoxy groups -OCH3 is 1. The van der Waals surface area contributed by atoms with Crippen LogP contribution in [0.4, 0.5) is 0 Å². The lowest BCUT2D eigenvalue weighted by Gasteiger charge is -2.14. The Labute approximate surface area is 123 Å². The fraction of sp³-hybridized carbons (Fsp3) is 0.188. The van der Waals surface area contributed by atoms with Gasteiger partial charge in [0.15, 0.2) is 0 Å². The van der Waals surface area contributed by atoms with Crippen molar-refractivity contribution in [2.24, 2.45) is 0 Å². The Morgan fingerprint density at radius 1 is 1.20 bits per heavy atom. The standard InChI is InChI=1S/C16H15ClN2O/c1-19-10-12-8-13(17)4-5-14(12)15-7-11(9-18)3-6-16(15)20-2/h3-8,19H,10H2,1-2H3. The summed E-state index contributed by atoms with van der Waals surface area (Å²) in [5.74, 6) is 0.740. The van der Waals surface area contributed by atoms with Crippen LogP contribution in [-0.2, 0) is 6.54 Å². The summed E-state index contributed by atoms with van der Waals surface area (Å²) in [6, 6.07) is 13.3. The summed E-state index contributed by atoms with van der Waals surface area (Å²) >= 11 is 6.06. The largest absolute Gasteiger partial charge is 0.496 e. The van der Waals surface area contributed by atoms with Crippen LogP contribution in [0.15, 0.2) is 36.4 Å². The second kappa shape index (κ2) is 6.42. The highest BCUT2D eigenvalue weighted by molar-refractivity contribution is 6.30. The number of hydrogen-bond donors (Lipinski definition) is 1. The summed E-state index contributed by atoms with van der Waals surface area (Å²) in [5.41, 5.74) is 3.57. The minimum atomic E-state index is 0.603. The normalized spacial score (nSPS) is 10.1. The van der Waals surface area contributed by atoms with Crippen LogP contribution in [0.2, 0.25) is 5.02 Å². The van der Waals surface area contributed by atoms with Crippen molar-refractivity contribution >= 4 is 11.6 Å². The van der Waals surface area contributed by atoms with Gasteiger partial charge in [0.25, 0.3) is 0 Å². The number of nitrogens with one attached hydrogen (secondary N) is 1. The van der Waals surface area contributed by atoms with Crippen LogP contribution >= 0.6 is 11.6 Å². The first-order valence-electron chi connectivity index (χ1n) is 6.21. The third-order valence-electron chi connectivity index (χ3n) is 3.05. The van der Waals surface area contributed by atoms with Gasteiger partial charge in [0.2, 0.25) is 0 Å². The van der Waals surface area contributed by atoms with Crippen molar-refractivity contribution in [2.45, 2.75) is 6.54 Å². The van der Waals surface area contributed by atoms with E-state index in [1.807, 2.05) is 37.4 Å². The molecule has 0 aliphatic rings. The van der Waals surface area contributed by atoms with Crippen LogP contribution in [0.3, 0.4) is 0 Å². The number of ether oxygens (including phenoxy) is 1. The van der Waals surface area contributed by atoms with E-state index in [9.17, 15) is 0 Å². The Morgan fingerprint density at radius 2 is 2.00 bits per heavy atom. The van der Waals surface area contributed by atoms with Crippen molar-refractivity contribution in [1.82, 2.24) is 5.32 Å². The average molecular weight is 287 g/mol. The summed E-state index contributed by atoms with van der Waals surface area (Å²) in [5, 5.41) is 12.9. The molecule has 2 aromatic rings. The zero-order chi connectivity index (χ0) is 14.5. The molecular formula is C16H15ClN2O. The Bertz CT molecular complexity index is 662. The zero-order valence-electron chi connectivity index (χ0n) is 11.4. The molecule has 0 spiro atoms. The molecule has 0 saturated heterocycles. The molecule has 0 bridgehead atoms. The average Bonchev–Trinajstić information content (AvgIpc) is 2.47. The van der Waals surface area contributed by atoms with E-state index in [2.05, 4.69) is 11.4 Å². The fourth-order valence-corrected chi connectivity index (χ4v) is 2.34. The molecule has 0 radical (unpaired) electrons. The van der Waals surface area contributed by atoms with Crippen molar-refractivity contribution in [3.63, 3.8) is 0 Å². The molecule has 3 nitrogen and oxygen atoms in total. The molecule has 102 valence electrons. The molecular weight excluding hydrogens is 272 g/mol. The predicted molar refractivity (Wildman–Crippen MR) is 80.9 cm³/mol. The molecule has 0 fully saturated rings. The Kier molecular flexibility index (Phi) is 4.62. The van der Waals surface area contributed by atoms with Gasteiger partial charge in [0.05, 0.1) is 18.7 Å². The molecule has 0 amide bonds. The minimum Gasteiger partial charge on any atom is -0.496 e. The minimum absolute atomic E-state index is 0.603. The fourth-order valence-electron chi connectivity index (χ4n) is 2.15. The van der Waals surface area contributed by atoms with Crippen LogP contribution in [0.1, 0.15) is 11.1 Å². The summed E-state index contributed by atoms with van der Waals surface area (Å²) in [4.78, 5) is 0. The Balaban J connectivity index is 2.63. The second-order valence-corrected chi connectivity index (χ2v) is 4.80. The van der Waals surface area contributed by atoms with Crippen LogP contribution in [0.25, 0.3) is 11.1 Å². The van der Waals surface area contributed by atoms with E-state index in [1.165, 1.54) is 0 Å². The van der Waals surface area contributed by atoms with Gasteiger partial charge in [-0.25, -0.2) is 0 Å². The van der Waals surface area contributed by atoms with Gasteiger partial charge in [-0.2, -0.15) is 5.26 Å².